The van der Waals surface area contributed by atoms with Gasteiger partial charge < -0.3 is 9.97 Å². The van der Waals surface area contributed by atoms with Crippen LogP contribution in [0.2, 0.25) is 0 Å². The van der Waals surface area contributed by atoms with Crippen LogP contribution in [0.1, 0.15) is 28.0 Å². The van der Waals surface area contributed by atoms with Gasteiger partial charge in [-0.15, -0.1) is 11.3 Å². The lowest BCUT2D eigenvalue weighted by molar-refractivity contribution is 0.103. The first kappa shape index (κ1) is 9.92. The molecule has 2 N–H and O–H groups in total. The Morgan fingerprint density at radius 3 is 2.87 bits per heavy atom. The predicted molar refractivity (Wildman–Crippen MR) is 58.5 cm³/mol. The fourth-order valence-corrected chi connectivity index (χ4v) is 2.08. The minimum atomic E-state index is -0.327. The van der Waals surface area contributed by atoms with Gasteiger partial charge in [-0.25, -0.2) is 4.79 Å². The summed E-state index contributed by atoms with van der Waals surface area (Å²) < 4.78 is 0. The zero-order valence-corrected chi connectivity index (χ0v) is 8.98. The Bertz CT molecular complexity index is 522. The average Bonchev–Trinajstić information content (AvgIpc) is 2.84. The highest BCUT2D eigenvalue weighted by Crippen LogP contribution is 2.15. The summed E-state index contributed by atoms with van der Waals surface area (Å²) in [6.07, 6.45) is 0.630. The lowest BCUT2D eigenvalue weighted by Crippen LogP contribution is -2.05. The molecule has 2 heterocycles. The second-order valence-electron chi connectivity index (χ2n) is 3.09. The van der Waals surface area contributed by atoms with Crippen LogP contribution in [0, 0.1) is 0 Å². The summed E-state index contributed by atoms with van der Waals surface area (Å²) in [5, 5.41) is 1.84. The van der Waals surface area contributed by atoms with E-state index in [0.717, 1.165) is 0 Å². The van der Waals surface area contributed by atoms with Crippen LogP contribution in [0.3, 0.4) is 0 Å². The minimum absolute atomic E-state index is 0.125. The van der Waals surface area contributed by atoms with E-state index in [9.17, 15) is 9.59 Å². The molecule has 2 aromatic rings. The van der Waals surface area contributed by atoms with Crippen molar-refractivity contribution in [3.05, 3.63) is 44.3 Å². The highest BCUT2D eigenvalue weighted by Gasteiger charge is 2.16. The molecule has 0 saturated carbocycles. The molecule has 0 saturated heterocycles. The number of carbonyl (C=O) groups excluding carboxylic acids is 1. The van der Waals surface area contributed by atoms with Crippen molar-refractivity contribution in [3.8, 4) is 0 Å². The van der Waals surface area contributed by atoms with Crippen molar-refractivity contribution in [2.45, 2.75) is 13.3 Å². The van der Waals surface area contributed by atoms with E-state index in [2.05, 4.69) is 9.97 Å². The van der Waals surface area contributed by atoms with E-state index in [1.165, 1.54) is 11.3 Å². The van der Waals surface area contributed by atoms with Crippen molar-refractivity contribution in [3.63, 3.8) is 0 Å². The van der Waals surface area contributed by atoms with Crippen molar-refractivity contribution in [2.75, 3.05) is 0 Å². The zero-order valence-electron chi connectivity index (χ0n) is 8.16. The molecule has 0 amide bonds. The number of aromatic nitrogens is 2. The highest BCUT2D eigenvalue weighted by molar-refractivity contribution is 7.12. The van der Waals surface area contributed by atoms with Crippen molar-refractivity contribution < 1.29 is 4.79 Å². The zero-order chi connectivity index (χ0) is 10.8. The van der Waals surface area contributed by atoms with E-state index in [-0.39, 0.29) is 11.5 Å². The van der Waals surface area contributed by atoms with Gasteiger partial charge in [0.05, 0.1) is 4.88 Å². The molecule has 0 spiro atoms. The molecule has 2 aromatic heterocycles. The maximum atomic E-state index is 11.9. The van der Waals surface area contributed by atoms with Gasteiger partial charge in [-0.3, -0.25) is 4.79 Å². The largest absolute Gasteiger partial charge is 0.323 e. The van der Waals surface area contributed by atoms with Gasteiger partial charge in [-0.2, -0.15) is 0 Å². The topological polar surface area (TPSA) is 65.7 Å². The quantitative estimate of drug-likeness (QED) is 0.774. The molecular formula is C10H10N2O2S. The summed E-state index contributed by atoms with van der Waals surface area (Å²) in [4.78, 5) is 28.8. The van der Waals surface area contributed by atoms with E-state index in [1.54, 1.807) is 6.07 Å². The van der Waals surface area contributed by atoms with Crippen LogP contribution in [0.15, 0.2) is 22.3 Å². The van der Waals surface area contributed by atoms with Crippen LogP contribution in [-0.2, 0) is 6.42 Å². The molecule has 15 heavy (non-hydrogen) atoms. The number of H-pyrrole nitrogens is 2. The molecule has 4 nitrogen and oxygen atoms in total. The third-order valence-electron chi connectivity index (χ3n) is 2.13. The molecule has 0 radical (unpaired) electrons. The first-order valence-electron chi connectivity index (χ1n) is 4.61. The van der Waals surface area contributed by atoms with Crippen LogP contribution in [0.5, 0.6) is 0 Å². The molecule has 0 aromatic carbocycles. The van der Waals surface area contributed by atoms with Gasteiger partial charge in [0, 0.05) is 5.69 Å². The van der Waals surface area contributed by atoms with Crippen molar-refractivity contribution >= 4 is 17.1 Å². The number of hydrogen-bond donors (Lipinski definition) is 2. The number of carbonyl (C=O) groups is 1. The van der Waals surface area contributed by atoms with Crippen LogP contribution in [0.4, 0.5) is 0 Å². The number of ketones is 1. The van der Waals surface area contributed by atoms with E-state index in [0.29, 0.717) is 22.7 Å². The van der Waals surface area contributed by atoms with Crippen molar-refractivity contribution in [2.24, 2.45) is 0 Å². The molecule has 0 fully saturated rings. The summed E-state index contributed by atoms with van der Waals surface area (Å²) in [5.41, 5.74) is 0.718. The molecule has 78 valence electrons. The minimum Gasteiger partial charge on any atom is -0.309 e. The number of imidazole rings is 1. The summed E-state index contributed by atoms with van der Waals surface area (Å²) in [6, 6.07) is 3.56. The summed E-state index contributed by atoms with van der Waals surface area (Å²) in [6.45, 7) is 1.89. The highest BCUT2D eigenvalue weighted by atomic mass is 32.1. The molecule has 0 aliphatic heterocycles. The Morgan fingerprint density at radius 2 is 2.27 bits per heavy atom. The number of aromatic amines is 2. The smallest absolute Gasteiger partial charge is 0.309 e. The Hall–Kier alpha value is -1.62. The third kappa shape index (κ3) is 1.78. The third-order valence-corrected chi connectivity index (χ3v) is 3.00. The fourth-order valence-electron chi connectivity index (χ4n) is 1.41. The number of nitrogens with one attached hydrogen (secondary N) is 2. The van der Waals surface area contributed by atoms with Gasteiger partial charge in [0.1, 0.15) is 5.69 Å². The summed E-state index contributed by atoms with van der Waals surface area (Å²) >= 11 is 1.37. The second-order valence-corrected chi connectivity index (χ2v) is 4.04. The van der Waals surface area contributed by atoms with Crippen LogP contribution >= 0.6 is 11.3 Å². The molecule has 0 bridgehead atoms. The maximum absolute atomic E-state index is 11.9. The molecule has 0 aliphatic rings. The maximum Gasteiger partial charge on any atom is 0.323 e. The number of thiophene rings is 1. The monoisotopic (exact) mass is 222 g/mol. The number of rotatable bonds is 3. The van der Waals surface area contributed by atoms with Gasteiger partial charge in [0.2, 0.25) is 5.78 Å². The normalized spacial score (nSPS) is 10.5. The average molecular weight is 222 g/mol. The van der Waals surface area contributed by atoms with E-state index >= 15 is 0 Å². The Kier molecular flexibility index (Phi) is 2.55. The van der Waals surface area contributed by atoms with Gasteiger partial charge in [0.25, 0.3) is 0 Å². The lowest BCUT2D eigenvalue weighted by atomic mass is 10.2. The molecule has 0 atom stereocenters. The van der Waals surface area contributed by atoms with E-state index in [4.69, 9.17) is 0 Å². The van der Waals surface area contributed by atoms with E-state index < -0.39 is 0 Å². The summed E-state index contributed by atoms with van der Waals surface area (Å²) in [7, 11) is 0. The lowest BCUT2D eigenvalue weighted by Gasteiger charge is -1.96. The predicted octanol–water partition coefficient (Wildman–Crippen LogP) is 1.56. The Balaban J connectivity index is 2.45. The van der Waals surface area contributed by atoms with Crippen LogP contribution in [0.25, 0.3) is 0 Å². The van der Waals surface area contributed by atoms with E-state index in [1.807, 2.05) is 18.4 Å². The first-order chi connectivity index (χ1) is 7.22. The summed E-state index contributed by atoms with van der Waals surface area (Å²) in [5.74, 6) is -0.125. The molecule has 5 heteroatoms. The van der Waals surface area contributed by atoms with Gasteiger partial charge in [-0.05, 0) is 17.9 Å². The van der Waals surface area contributed by atoms with Gasteiger partial charge in [0.15, 0.2) is 0 Å². The number of hydrogen-bond acceptors (Lipinski definition) is 3. The van der Waals surface area contributed by atoms with Crippen molar-refractivity contribution in [1.29, 1.82) is 0 Å². The molecular weight excluding hydrogens is 212 g/mol. The molecule has 0 aliphatic carbocycles. The standard InChI is InChI=1S/C10H10N2O2S/c1-2-6-8(12-10(14)11-6)9(13)7-4-3-5-15-7/h3-5H,2H2,1H3,(H2,11,12,14). The second kappa shape index (κ2) is 3.86. The Morgan fingerprint density at radius 1 is 1.47 bits per heavy atom. The first-order valence-corrected chi connectivity index (χ1v) is 5.49. The van der Waals surface area contributed by atoms with Crippen LogP contribution in [-0.4, -0.2) is 15.8 Å². The molecule has 2 rings (SSSR count). The fraction of sp³-hybridized carbons (Fsp3) is 0.200. The number of aryl methyl sites for hydroxylation is 1. The Labute approximate surface area is 90.0 Å². The van der Waals surface area contributed by atoms with Crippen molar-refractivity contribution in [1.82, 2.24) is 9.97 Å². The van der Waals surface area contributed by atoms with Gasteiger partial charge >= 0.3 is 5.69 Å². The SMILES string of the molecule is CCc1[nH]c(=O)[nH]c1C(=O)c1cccs1. The van der Waals surface area contributed by atoms with Crippen LogP contribution < -0.4 is 5.69 Å². The van der Waals surface area contributed by atoms with Gasteiger partial charge in [-0.1, -0.05) is 13.0 Å². The molecule has 0 unspecified atom stereocenters.